The first kappa shape index (κ1) is 13.5. The fourth-order valence-corrected chi connectivity index (χ4v) is 2.34. The molecule has 0 radical (unpaired) electrons. The van der Waals surface area contributed by atoms with Crippen LogP contribution in [-0.4, -0.2) is 12.5 Å². The summed E-state index contributed by atoms with van der Waals surface area (Å²) >= 11 is 6.71. The number of allylic oxidation sites excluding steroid dienone is 1. The lowest BCUT2D eigenvalue weighted by Crippen LogP contribution is -2.23. The molecule has 1 N–H and O–H groups in total. The molecule has 0 atom stereocenters. The van der Waals surface area contributed by atoms with Crippen molar-refractivity contribution in [2.45, 2.75) is 13.8 Å². The molecular weight excluding hydrogens is 334 g/mol. The number of halogens is 2. The Morgan fingerprint density at radius 1 is 1.38 bits per heavy atom. The van der Waals surface area contributed by atoms with Crippen LogP contribution in [0.2, 0.25) is 0 Å². The van der Waals surface area contributed by atoms with E-state index in [4.69, 9.17) is 0 Å². The largest absolute Gasteiger partial charge is 0.349 e. The lowest BCUT2D eigenvalue weighted by atomic mass is 10.2. The minimum atomic E-state index is -0.0723. The zero-order chi connectivity index (χ0) is 12.1. The Labute approximate surface area is 112 Å². The number of benzene rings is 1. The fourth-order valence-electron chi connectivity index (χ4n) is 1.12. The SMILES string of the molecule is CC(C)=CCNC(=O)c1ccc(Br)cc1Br. The van der Waals surface area contributed by atoms with E-state index >= 15 is 0 Å². The van der Waals surface area contributed by atoms with Gasteiger partial charge in [-0.15, -0.1) is 0 Å². The van der Waals surface area contributed by atoms with E-state index in [1.165, 1.54) is 5.57 Å². The quantitative estimate of drug-likeness (QED) is 0.826. The van der Waals surface area contributed by atoms with E-state index < -0.39 is 0 Å². The highest BCUT2D eigenvalue weighted by molar-refractivity contribution is 9.11. The summed E-state index contributed by atoms with van der Waals surface area (Å²) in [6.45, 7) is 4.56. The molecule has 86 valence electrons. The molecular formula is C12H13Br2NO. The van der Waals surface area contributed by atoms with E-state index in [-0.39, 0.29) is 5.91 Å². The summed E-state index contributed by atoms with van der Waals surface area (Å²) in [4.78, 5) is 11.8. The Hall–Kier alpha value is -0.610. The van der Waals surface area contributed by atoms with Gasteiger partial charge in [0.1, 0.15) is 0 Å². The van der Waals surface area contributed by atoms with Crippen LogP contribution in [0.1, 0.15) is 24.2 Å². The Morgan fingerprint density at radius 3 is 2.62 bits per heavy atom. The van der Waals surface area contributed by atoms with Crippen LogP contribution in [0.15, 0.2) is 38.8 Å². The van der Waals surface area contributed by atoms with Crippen molar-refractivity contribution >= 4 is 37.8 Å². The maximum absolute atomic E-state index is 11.8. The molecule has 1 rings (SSSR count). The molecule has 0 aliphatic carbocycles. The van der Waals surface area contributed by atoms with E-state index in [1.807, 2.05) is 32.1 Å². The number of carbonyl (C=O) groups is 1. The van der Waals surface area contributed by atoms with Gasteiger partial charge < -0.3 is 5.32 Å². The maximum Gasteiger partial charge on any atom is 0.252 e. The Kier molecular flexibility index (Phi) is 5.22. The van der Waals surface area contributed by atoms with E-state index in [1.54, 1.807) is 6.07 Å². The second kappa shape index (κ2) is 6.21. The second-order valence-corrected chi connectivity index (χ2v) is 5.39. The van der Waals surface area contributed by atoms with E-state index in [0.717, 1.165) is 8.95 Å². The monoisotopic (exact) mass is 345 g/mol. The van der Waals surface area contributed by atoms with Crippen LogP contribution in [0.3, 0.4) is 0 Å². The van der Waals surface area contributed by atoms with Crippen LogP contribution in [-0.2, 0) is 0 Å². The zero-order valence-corrected chi connectivity index (χ0v) is 12.4. The molecule has 0 saturated heterocycles. The van der Waals surface area contributed by atoms with Crippen LogP contribution >= 0.6 is 31.9 Å². The van der Waals surface area contributed by atoms with Gasteiger partial charge >= 0.3 is 0 Å². The van der Waals surface area contributed by atoms with Crippen molar-refractivity contribution < 1.29 is 4.79 Å². The molecule has 0 unspecified atom stereocenters. The average molecular weight is 347 g/mol. The molecule has 0 fully saturated rings. The van der Waals surface area contributed by atoms with Gasteiger partial charge in [-0.2, -0.15) is 0 Å². The molecule has 16 heavy (non-hydrogen) atoms. The molecule has 0 aliphatic heterocycles. The highest BCUT2D eigenvalue weighted by atomic mass is 79.9. The van der Waals surface area contributed by atoms with Crippen molar-refractivity contribution in [2.24, 2.45) is 0 Å². The summed E-state index contributed by atoms with van der Waals surface area (Å²) in [7, 11) is 0. The first-order valence-electron chi connectivity index (χ1n) is 4.87. The van der Waals surface area contributed by atoms with Crippen molar-refractivity contribution in [1.29, 1.82) is 0 Å². The first-order valence-corrected chi connectivity index (χ1v) is 6.46. The number of rotatable bonds is 3. The van der Waals surface area contributed by atoms with Gasteiger partial charge in [0.05, 0.1) is 5.56 Å². The lowest BCUT2D eigenvalue weighted by Gasteiger charge is -2.05. The summed E-state index contributed by atoms with van der Waals surface area (Å²) < 4.78 is 1.73. The van der Waals surface area contributed by atoms with Crippen molar-refractivity contribution in [3.63, 3.8) is 0 Å². The van der Waals surface area contributed by atoms with Crippen molar-refractivity contribution in [2.75, 3.05) is 6.54 Å². The minimum Gasteiger partial charge on any atom is -0.349 e. The third-order valence-electron chi connectivity index (χ3n) is 1.95. The van der Waals surface area contributed by atoms with Crippen LogP contribution in [0, 0.1) is 0 Å². The van der Waals surface area contributed by atoms with Gasteiger partial charge in [-0.3, -0.25) is 4.79 Å². The normalized spacial score (nSPS) is 9.75. The summed E-state index contributed by atoms with van der Waals surface area (Å²) in [6.07, 6.45) is 1.98. The predicted molar refractivity (Wildman–Crippen MR) is 73.6 cm³/mol. The molecule has 0 heterocycles. The van der Waals surface area contributed by atoms with Gasteiger partial charge in [-0.25, -0.2) is 0 Å². The number of hydrogen-bond acceptors (Lipinski definition) is 1. The third-order valence-corrected chi connectivity index (χ3v) is 3.10. The molecule has 0 bridgehead atoms. The van der Waals surface area contributed by atoms with Crippen molar-refractivity contribution in [1.82, 2.24) is 5.32 Å². The molecule has 4 heteroatoms. The minimum absolute atomic E-state index is 0.0723. The van der Waals surface area contributed by atoms with Gasteiger partial charge in [0, 0.05) is 15.5 Å². The molecule has 2 nitrogen and oxygen atoms in total. The Balaban J connectivity index is 2.70. The molecule has 0 aromatic heterocycles. The first-order chi connectivity index (χ1) is 7.50. The van der Waals surface area contributed by atoms with Crippen molar-refractivity contribution in [3.8, 4) is 0 Å². The molecule has 0 saturated carbocycles. The molecule has 1 aromatic rings. The van der Waals surface area contributed by atoms with E-state index in [2.05, 4.69) is 37.2 Å². The summed E-state index contributed by atoms with van der Waals surface area (Å²) in [5, 5.41) is 2.83. The number of hydrogen-bond donors (Lipinski definition) is 1. The number of nitrogens with one attached hydrogen (secondary N) is 1. The highest BCUT2D eigenvalue weighted by Crippen LogP contribution is 2.21. The van der Waals surface area contributed by atoms with Gasteiger partial charge in [-0.1, -0.05) is 27.6 Å². The maximum atomic E-state index is 11.8. The summed E-state index contributed by atoms with van der Waals surface area (Å²) in [5.41, 5.74) is 1.83. The molecule has 0 spiro atoms. The van der Waals surface area contributed by atoms with Gasteiger partial charge in [0.2, 0.25) is 0 Å². The Bertz CT molecular complexity index is 423. The molecule has 1 aromatic carbocycles. The van der Waals surface area contributed by atoms with Gasteiger partial charge in [0.25, 0.3) is 5.91 Å². The van der Waals surface area contributed by atoms with Crippen molar-refractivity contribution in [3.05, 3.63) is 44.4 Å². The molecule has 0 aliphatic rings. The highest BCUT2D eigenvalue weighted by Gasteiger charge is 2.08. The van der Waals surface area contributed by atoms with Crippen LogP contribution in [0.25, 0.3) is 0 Å². The van der Waals surface area contributed by atoms with Gasteiger partial charge in [0.15, 0.2) is 0 Å². The third kappa shape index (κ3) is 4.10. The lowest BCUT2D eigenvalue weighted by molar-refractivity contribution is 0.0957. The van der Waals surface area contributed by atoms with Crippen LogP contribution < -0.4 is 5.32 Å². The van der Waals surface area contributed by atoms with E-state index in [0.29, 0.717) is 12.1 Å². The summed E-state index contributed by atoms with van der Waals surface area (Å²) in [6, 6.07) is 5.49. The number of carbonyl (C=O) groups excluding carboxylic acids is 1. The zero-order valence-electron chi connectivity index (χ0n) is 9.18. The van der Waals surface area contributed by atoms with E-state index in [9.17, 15) is 4.79 Å². The second-order valence-electron chi connectivity index (χ2n) is 3.62. The summed E-state index contributed by atoms with van der Waals surface area (Å²) in [5.74, 6) is -0.0723. The topological polar surface area (TPSA) is 29.1 Å². The fraction of sp³-hybridized carbons (Fsp3) is 0.250. The van der Waals surface area contributed by atoms with Crippen LogP contribution in [0.4, 0.5) is 0 Å². The standard InChI is InChI=1S/C12H13Br2NO/c1-8(2)5-6-15-12(16)10-4-3-9(13)7-11(10)14/h3-5,7H,6H2,1-2H3,(H,15,16). The smallest absolute Gasteiger partial charge is 0.252 e. The predicted octanol–water partition coefficient (Wildman–Crippen LogP) is 3.91. The number of amides is 1. The Morgan fingerprint density at radius 2 is 2.06 bits per heavy atom. The van der Waals surface area contributed by atoms with Crippen LogP contribution in [0.5, 0.6) is 0 Å². The molecule has 1 amide bonds. The van der Waals surface area contributed by atoms with Gasteiger partial charge in [-0.05, 0) is 48.0 Å². The average Bonchev–Trinajstić information content (AvgIpc) is 2.16.